The first-order valence-electron chi connectivity index (χ1n) is 13.6. The van der Waals surface area contributed by atoms with E-state index in [1.165, 1.54) is 18.6 Å². The summed E-state index contributed by atoms with van der Waals surface area (Å²) in [7, 11) is 3.31. The third-order valence-electron chi connectivity index (χ3n) is 6.88. The van der Waals surface area contributed by atoms with Gasteiger partial charge in [-0.3, -0.25) is 14.5 Å². The molecular weight excluding hydrogens is 513 g/mol. The Morgan fingerprint density at radius 3 is 2.65 bits per heavy atom. The predicted molar refractivity (Wildman–Crippen MR) is 151 cm³/mol. The summed E-state index contributed by atoms with van der Waals surface area (Å²) in [6.07, 6.45) is 9.53. The number of anilines is 2. The molecule has 0 unspecified atom stereocenters. The van der Waals surface area contributed by atoms with Gasteiger partial charge in [0.05, 0.1) is 19.2 Å². The second-order valence-electron chi connectivity index (χ2n) is 9.92. The minimum absolute atomic E-state index is 0.0413. The quantitative estimate of drug-likeness (QED) is 0.234. The van der Waals surface area contributed by atoms with Crippen LogP contribution in [0.2, 0.25) is 0 Å². The monoisotopic (exact) mass is 547 g/mol. The van der Waals surface area contributed by atoms with Crippen molar-refractivity contribution < 1.29 is 23.4 Å². The molecular formula is C30H34FN5O4. The molecule has 0 aliphatic heterocycles. The fourth-order valence-electron chi connectivity index (χ4n) is 4.88. The van der Waals surface area contributed by atoms with Crippen LogP contribution in [0, 0.1) is 5.82 Å². The van der Waals surface area contributed by atoms with E-state index in [0.717, 1.165) is 32.1 Å². The van der Waals surface area contributed by atoms with Crippen LogP contribution in [-0.4, -0.2) is 40.4 Å². The van der Waals surface area contributed by atoms with Crippen LogP contribution >= 0.6 is 0 Å². The number of aryl methyl sites for hydroxylation is 1. The molecule has 2 aromatic carbocycles. The highest BCUT2D eigenvalue weighted by atomic mass is 19.1. The van der Waals surface area contributed by atoms with E-state index in [-0.39, 0.29) is 17.7 Å². The number of hydrogen-bond acceptors (Lipinski definition) is 7. The van der Waals surface area contributed by atoms with Crippen LogP contribution in [0.1, 0.15) is 55.8 Å². The maximum absolute atomic E-state index is 15.2. The van der Waals surface area contributed by atoms with Gasteiger partial charge in [-0.05, 0) is 43.5 Å². The molecule has 1 aliphatic rings. The van der Waals surface area contributed by atoms with Gasteiger partial charge >= 0.3 is 0 Å². The SMILES string of the molecule is CCCOc1cc2nccc(Oc3ccc(Nc4nn(C)cc4C(=O)NC4CCCCC4)cc3F)c2cc1OC. The van der Waals surface area contributed by atoms with Crippen molar-refractivity contribution in [2.75, 3.05) is 19.0 Å². The van der Waals surface area contributed by atoms with Crippen molar-refractivity contribution in [2.24, 2.45) is 7.05 Å². The summed E-state index contributed by atoms with van der Waals surface area (Å²) in [5.74, 6) is 1.19. The Morgan fingerprint density at radius 2 is 1.90 bits per heavy atom. The second kappa shape index (κ2) is 12.2. The van der Waals surface area contributed by atoms with Crippen LogP contribution in [-0.2, 0) is 7.05 Å². The minimum Gasteiger partial charge on any atom is -0.493 e. The van der Waals surface area contributed by atoms with E-state index in [1.54, 1.807) is 55.5 Å². The zero-order valence-electron chi connectivity index (χ0n) is 23.0. The number of amides is 1. The fraction of sp³-hybridized carbons (Fsp3) is 0.367. The van der Waals surface area contributed by atoms with E-state index in [2.05, 4.69) is 20.7 Å². The summed E-state index contributed by atoms with van der Waals surface area (Å²) in [4.78, 5) is 17.4. The number of nitrogens with zero attached hydrogens (tertiary/aromatic N) is 3. The summed E-state index contributed by atoms with van der Waals surface area (Å²) in [5.41, 5.74) is 1.49. The first-order valence-corrected chi connectivity index (χ1v) is 13.6. The van der Waals surface area contributed by atoms with Gasteiger partial charge in [-0.15, -0.1) is 0 Å². The minimum atomic E-state index is -0.575. The number of methoxy groups -OCH3 is 1. The fourth-order valence-corrected chi connectivity index (χ4v) is 4.88. The number of ether oxygens (including phenoxy) is 3. The average molecular weight is 548 g/mol. The Bertz CT molecular complexity index is 1500. The second-order valence-corrected chi connectivity index (χ2v) is 9.92. The Balaban J connectivity index is 1.34. The number of aromatic nitrogens is 3. The molecule has 2 heterocycles. The van der Waals surface area contributed by atoms with Gasteiger partial charge in [-0.1, -0.05) is 26.2 Å². The summed E-state index contributed by atoms with van der Waals surface area (Å²) in [6, 6.07) is 9.93. The van der Waals surface area contributed by atoms with Crippen molar-refractivity contribution in [3.63, 3.8) is 0 Å². The number of nitrogens with one attached hydrogen (secondary N) is 2. The average Bonchev–Trinajstić information content (AvgIpc) is 3.33. The van der Waals surface area contributed by atoms with Crippen LogP contribution in [0.5, 0.6) is 23.0 Å². The van der Waals surface area contributed by atoms with Crippen LogP contribution < -0.4 is 24.8 Å². The maximum Gasteiger partial charge on any atom is 0.256 e. The highest BCUT2D eigenvalue weighted by Gasteiger charge is 2.21. The van der Waals surface area contributed by atoms with Crippen molar-refractivity contribution in [1.29, 1.82) is 0 Å². The molecule has 0 radical (unpaired) electrons. The molecule has 0 spiro atoms. The molecule has 1 amide bonds. The molecule has 4 aromatic rings. The van der Waals surface area contributed by atoms with E-state index < -0.39 is 5.82 Å². The topological polar surface area (TPSA) is 99.5 Å². The summed E-state index contributed by atoms with van der Waals surface area (Å²) < 4.78 is 34.0. The number of rotatable bonds is 10. The molecule has 0 atom stereocenters. The summed E-state index contributed by atoms with van der Waals surface area (Å²) in [6.45, 7) is 2.58. The van der Waals surface area contributed by atoms with Gasteiger partial charge in [0.25, 0.3) is 5.91 Å². The molecule has 5 rings (SSSR count). The van der Waals surface area contributed by atoms with Gasteiger partial charge in [-0.25, -0.2) is 4.39 Å². The largest absolute Gasteiger partial charge is 0.493 e. The standard InChI is InChI=1S/C30H34FN5O4/c1-4-14-39-28-17-24-21(16-27(28)38-3)25(12-13-32-24)40-26-11-10-20(15-23(26)31)33-29-22(18-36(2)35-29)30(37)34-19-8-6-5-7-9-19/h10-13,15-19H,4-9,14H2,1-3H3,(H,33,35)(H,34,37). The lowest BCUT2D eigenvalue weighted by molar-refractivity contribution is 0.0928. The number of benzene rings is 2. The number of carbonyl (C=O) groups excluding carboxylic acids is 1. The van der Waals surface area contributed by atoms with E-state index in [0.29, 0.717) is 51.8 Å². The number of pyridine rings is 1. The van der Waals surface area contributed by atoms with Crippen molar-refractivity contribution in [3.8, 4) is 23.0 Å². The van der Waals surface area contributed by atoms with Crippen LogP contribution in [0.15, 0.2) is 48.8 Å². The van der Waals surface area contributed by atoms with E-state index in [1.807, 2.05) is 6.92 Å². The van der Waals surface area contributed by atoms with Crippen molar-refractivity contribution in [1.82, 2.24) is 20.1 Å². The Morgan fingerprint density at radius 1 is 1.07 bits per heavy atom. The summed E-state index contributed by atoms with van der Waals surface area (Å²) in [5, 5.41) is 11.2. The van der Waals surface area contributed by atoms with Crippen molar-refractivity contribution in [3.05, 3.63) is 60.2 Å². The van der Waals surface area contributed by atoms with Gasteiger partial charge in [0.15, 0.2) is 28.9 Å². The Hall–Kier alpha value is -4.34. The molecule has 9 nitrogen and oxygen atoms in total. The van der Waals surface area contributed by atoms with E-state index in [9.17, 15) is 4.79 Å². The van der Waals surface area contributed by atoms with Crippen LogP contribution in [0.25, 0.3) is 10.9 Å². The predicted octanol–water partition coefficient (Wildman–Crippen LogP) is 6.50. The first kappa shape index (κ1) is 27.2. The molecule has 2 aromatic heterocycles. The number of fused-ring (bicyclic) bond motifs is 1. The molecule has 1 fully saturated rings. The number of hydrogen-bond donors (Lipinski definition) is 2. The number of halogens is 1. The lowest BCUT2D eigenvalue weighted by Crippen LogP contribution is -2.36. The van der Waals surface area contributed by atoms with Gasteiger partial charge < -0.3 is 24.8 Å². The highest BCUT2D eigenvalue weighted by molar-refractivity contribution is 5.99. The maximum atomic E-state index is 15.2. The van der Waals surface area contributed by atoms with Gasteiger partial charge in [0.2, 0.25) is 0 Å². The molecule has 210 valence electrons. The molecule has 1 aliphatic carbocycles. The highest BCUT2D eigenvalue weighted by Crippen LogP contribution is 2.38. The first-order chi connectivity index (χ1) is 19.4. The number of carbonyl (C=O) groups is 1. The van der Waals surface area contributed by atoms with E-state index in [4.69, 9.17) is 14.2 Å². The molecule has 40 heavy (non-hydrogen) atoms. The molecule has 10 heteroatoms. The lowest BCUT2D eigenvalue weighted by atomic mass is 9.95. The molecule has 0 bridgehead atoms. The van der Waals surface area contributed by atoms with Crippen LogP contribution in [0.4, 0.5) is 15.9 Å². The van der Waals surface area contributed by atoms with Gasteiger partial charge in [-0.2, -0.15) is 5.10 Å². The van der Waals surface area contributed by atoms with Crippen molar-refractivity contribution >= 4 is 28.3 Å². The normalized spacial score (nSPS) is 13.7. The summed E-state index contributed by atoms with van der Waals surface area (Å²) >= 11 is 0. The third-order valence-corrected chi connectivity index (χ3v) is 6.88. The molecule has 0 saturated heterocycles. The molecule has 2 N–H and O–H groups in total. The Kier molecular flexibility index (Phi) is 8.33. The smallest absolute Gasteiger partial charge is 0.256 e. The zero-order chi connectivity index (χ0) is 28.1. The van der Waals surface area contributed by atoms with Gasteiger partial charge in [0, 0.05) is 48.7 Å². The third kappa shape index (κ3) is 6.11. The molecule has 1 saturated carbocycles. The zero-order valence-corrected chi connectivity index (χ0v) is 23.0. The lowest BCUT2D eigenvalue weighted by Gasteiger charge is -2.22. The Labute approximate surface area is 232 Å². The van der Waals surface area contributed by atoms with E-state index >= 15 is 4.39 Å². The van der Waals surface area contributed by atoms with Crippen molar-refractivity contribution in [2.45, 2.75) is 51.5 Å². The van der Waals surface area contributed by atoms with Gasteiger partial charge in [0.1, 0.15) is 11.3 Å². The van der Waals surface area contributed by atoms with Crippen LogP contribution in [0.3, 0.4) is 0 Å².